The third-order valence-corrected chi connectivity index (χ3v) is 4.11. The average Bonchev–Trinajstić information content (AvgIpc) is 2.52. The zero-order valence-corrected chi connectivity index (χ0v) is 13.7. The Labute approximate surface area is 142 Å². The molecule has 130 valence electrons. The molecular formula is C17H18ClF3N2O. The Kier molecular flexibility index (Phi) is 6.07. The second-order valence-electron chi connectivity index (χ2n) is 5.46. The highest BCUT2D eigenvalue weighted by molar-refractivity contribution is 6.31. The lowest BCUT2D eigenvalue weighted by Crippen LogP contribution is -2.25. The van der Waals surface area contributed by atoms with E-state index in [0.717, 1.165) is 11.6 Å². The van der Waals surface area contributed by atoms with E-state index in [2.05, 4.69) is 0 Å². The first-order valence-corrected chi connectivity index (χ1v) is 7.90. The van der Waals surface area contributed by atoms with Crippen molar-refractivity contribution >= 4 is 11.6 Å². The number of rotatable bonds is 6. The van der Waals surface area contributed by atoms with Crippen LogP contribution in [0.1, 0.15) is 23.1 Å². The molecule has 0 aliphatic carbocycles. The second-order valence-corrected chi connectivity index (χ2v) is 5.86. The number of alkyl halides is 3. The summed E-state index contributed by atoms with van der Waals surface area (Å²) in [6.45, 7) is 0.173. The zero-order valence-electron chi connectivity index (χ0n) is 12.9. The van der Waals surface area contributed by atoms with Gasteiger partial charge in [0.05, 0.1) is 5.56 Å². The number of aliphatic hydroxyl groups excluding tert-OH is 1. The number of pyridine rings is 1. The Morgan fingerprint density at radius 2 is 1.83 bits per heavy atom. The topological polar surface area (TPSA) is 49.0 Å². The molecule has 1 heterocycles. The van der Waals surface area contributed by atoms with Gasteiger partial charge in [-0.05, 0) is 42.5 Å². The molecule has 1 aromatic heterocycles. The van der Waals surface area contributed by atoms with Gasteiger partial charge in [0.15, 0.2) is 0 Å². The first kappa shape index (κ1) is 18.5. The van der Waals surface area contributed by atoms with Crippen LogP contribution in [0, 0.1) is 5.41 Å². The third kappa shape index (κ3) is 4.61. The molecule has 0 bridgehead atoms. The quantitative estimate of drug-likeness (QED) is 0.810. The number of benzene rings is 1. The molecule has 0 radical (unpaired) electrons. The lowest BCUT2D eigenvalue weighted by Gasteiger charge is -2.16. The van der Waals surface area contributed by atoms with Crippen molar-refractivity contribution in [2.75, 3.05) is 6.61 Å². The summed E-state index contributed by atoms with van der Waals surface area (Å²) in [7, 11) is 0. The number of nitrogens with zero attached hydrogens (tertiary/aromatic N) is 1. The van der Waals surface area contributed by atoms with E-state index in [1.807, 2.05) is 12.1 Å². The number of hydrogen-bond acceptors (Lipinski definition) is 2. The summed E-state index contributed by atoms with van der Waals surface area (Å²) in [5.74, 6) is 0. The molecule has 0 unspecified atom stereocenters. The fourth-order valence-corrected chi connectivity index (χ4v) is 2.73. The summed E-state index contributed by atoms with van der Waals surface area (Å²) in [6, 6.07) is 8.10. The van der Waals surface area contributed by atoms with Gasteiger partial charge in [-0.2, -0.15) is 13.2 Å². The molecule has 1 aromatic carbocycles. The maximum Gasteiger partial charge on any atom is 0.416 e. The van der Waals surface area contributed by atoms with Crippen LogP contribution in [0.25, 0.3) is 0 Å². The second kappa shape index (κ2) is 7.85. The van der Waals surface area contributed by atoms with Gasteiger partial charge in [-0.1, -0.05) is 29.8 Å². The molecule has 7 heteroatoms. The molecule has 0 aliphatic heterocycles. The minimum atomic E-state index is -4.51. The van der Waals surface area contributed by atoms with Crippen molar-refractivity contribution in [1.82, 2.24) is 4.57 Å². The van der Waals surface area contributed by atoms with Crippen molar-refractivity contribution in [3.8, 4) is 0 Å². The molecule has 0 spiro atoms. The van der Waals surface area contributed by atoms with Gasteiger partial charge in [-0.3, -0.25) is 5.41 Å². The maximum absolute atomic E-state index is 13.1. The van der Waals surface area contributed by atoms with E-state index in [4.69, 9.17) is 22.1 Å². The van der Waals surface area contributed by atoms with Crippen LogP contribution < -0.4 is 5.49 Å². The van der Waals surface area contributed by atoms with E-state index in [1.54, 1.807) is 12.1 Å². The maximum atomic E-state index is 13.1. The van der Waals surface area contributed by atoms with E-state index < -0.39 is 11.7 Å². The Morgan fingerprint density at radius 3 is 2.46 bits per heavy atom. The van der Waals surface area contributed by atoms with Crippen LogP contribution in [0.3, 0.4) is 0 Å². The lowest BCUT2D eigenvalue weighted by molar-refractivity contribution is -0.138. The number of hydrogen-bond donors (Lipinski definition) is 2. The monoisotopic (exact) mass is 358 g/mol. The number of aryl methyl sites for hydroxylation is 3. The zero-order chi connectivity index (χ0) is 17.7. The summed E-state index contributed by atoms with van der Waals surface area (Å²) in [5, 5.41) is 17.3. The molecule has 2 N–H and O–H groups in total. The van der Waals surface area contributed by atoms with E-state index in [1.165, 1.54) is 10.8 Å². The minimum absolute atomic E-state index is 0.0895. The largest absolute Gasteiger partial charge is 0.416 e. The van der Waals surface area contributed by atoms with Crippen LogP contribution in [-0.2, 0) is 25.6 Å². The summed E-state index contributed by atoms with van der Waals surface area (Å²) in [5.41, 5.74) is -0.0494. The van der Waals surface area contributed by atoms with Crippen LogP contribution in [-0.4, -0.2) is 16.3 Å². The summed E-state index contributed by atoms with van der Waals surface area (Å²) in [6.07, 6.45) is -2.29. The molecule has 0 saturated heterocycles. The highest BCUT2D eigenvalue weighted by Gasteiger charge is 2.33. The molecule has 24 heavy (non-hydrogen) atoms. The molecule has 0 amide bonds. The fraction of sp³-hybridized carbons (Fsp3) is 0.353. The van der Waals surface area contributed by atoms with E-state index in [9.17, 15) is 13.2 Å². The van der Waals surface area contributed by atoms with Crippen molar-refractivity contribution in [1.29, 1.82) is 5.41 Å². The van der Waals surface area contributed by atoms with Crippen LogP contribution in [0.2, 0.25) is 5.02 Å². The Balaban J connectivity index is 2.30. The number of aromatic nitrogens is 1. The van der Waals surface area contributed by atoms with Crippen molar-refractivity contribution < 1.29 is 18.3 Å². The predicted molar refractivity (Wildman–Crippen MR) is 85.9 cm³/mol. The van der Waals surface area contributed by atoms with Gasteiger partial charge in [0.25, 0.3) is 0 Å². The van der Waals surface area contributed by atoms with Gasteiger partial charge < -0.3 is 9.67 Å². The molecule has 2 rings (SSSR count). The Hall–Kier alpha value is -1.79. The van der Waals surface area contributed by atoms with E-state index in [-0.39, 0.29) is 30.5 Å². The number of aliphatic hydroxyl groups is 1. The van der Waals surface area contributed by atoms with E-state index in [0.29, 0.717) is 18.0 Å². The summed E-state index contributed by atoms with van der Waals surface area (Å²) >= 11 is 6.08. The third-order valence-electron chi connectivity index (χ3n) is 3.74. The van der Waals surface area contributed by atoms with Gasteiger partial charge in [-0.25, -0.2) is 0 Å². The van der Waals surface area contributed by atoms with Crippen molar-refractivity contribution in [3.63, 3.8) is 0 Å². The molecule has 0 fully saturated rings. The molecule has 0 aliphatic rings. The first-order valence-electron chi connectivity index (χ1n) is 7.52. The lowest BCUT2D eigenvalue weighted by atomic mass is 10.0. The van der Waals surface area contributed by atoms with Crippen LogP contribution >= 0.6 is 11.6 Å². The highest BCUT2D eigenvalue weighted by Crippen LogP contribution is 2.31. The van der Waals surface area contributed by atoms with Crippen LogP contribution in [0.5, 0.6) is 0 Å². The highest BCUT2D eigenvalue weighted by atomic mass is 35.5. The van der Waals surface area contributed by atoms with Gasteiger partial charge in [0.1, 0.15) is 5.49 Å². The minimum Gasteiger partial charge on any atom is -0.396 e. The first-order chi connectivity index (χ1) is 11.3. The van der Waals surface area contributed by atoms with Crippen LogP contribution in [0.4, 0.5) is 13.2 Å². The summed E-state index contributed by atoms with van der Waals surface area (Å²) in [4.78, 5) is 0. The SMILES string of the molecule is N=c1cc(C(F)(F)F)c(CCCO)cn1CCc1ccccc1Cl. The van der Waals surface area contributed by atoms with E-state index >= 15 is 0 Å². The van der Waals surface area contributed by atoms with Gasteiger partial charge in [0.2, 0.25) is 0 Å². The standard InChI is InChI=1S/C17H18ClF3N2O/c18-15-6-2-1-4-12(15)7-8-23-11-13(5-3-9-24)14(10-16(23)22)17(19,20)21/h1-2,4,6,10-11,22,24H,3,5,7-9H2. The van der Waals surface area contributed by atoms with Gasteiger partial charge >= 0.3 is 6.18 Å². The molecule has 2 aromatic rings. The molecule has 0 atom stereocenters. The Morgan fingerprint density at radius 1 is 1.12 bits per heavy atom. The van der Waals surface area contributed by atoms with Gasteiger partial charge in [0, 0.05) is 24.4 Å². The fourth-order valence-electron chi connectivity index (χ4n) is 2.50. The van der Waals surface area contributed by atoms with Crippen molar-refractivity contribution in [3.05, 3.63) is 63.7 Å². The van der Waals surface area contributed by atoms with Crippen LogP contribution in [0.15, 0.2) is 36.5 Å². The molecule has 3 nitrogen and oxygen atoms in total. The van der Waals surface area contributed by atoms with Crippen molar-refractivity contribution in [2.24, 2.45) is 0 Å². The number of nitrogens with one attached hydrogen (secondary N) is 1. The molecular weight excluding hydrogens is 341 g/mol. The number of halogens is 4. The normalized spacial score (nSPS) is 11.7. The van der Waals surface area contributed by atoms with Crippen molar-refractivity contribution in [2.45, 2.75) is 32.0 Å². The Bertz CT molecular complexity index is 756. The smallest absolute Gasteiger partial charge is 0.396 e. The molecule has 0 saturated carbocycles. The predicted octanol–water partition coefficient (Wildman–Crippen LogP) is 3.81. The summed E-state index contributed by atoms with van der Waals surface area (Å²) < 4.78 is 40.8. The average molecular weight is 359 g/mol. The van der Waals surface area contributed by atoms with Gasteiger partial charge in [-0.15, -0.1) is 0 Å².